The Hall–Kier alpha value is -4.55. The molecule has 4 atom stereocenters. The predicted molar refractivity (Wildman–Crippen MR) is 161 cm³/mol. The number of nitrogens with zero attached hydrogens (tertiary/aromatic N) is 2. The predicted octanol–water partition coefficient (Wildman–Crippen LogP) is 4.82. The first-order valence-corrected chi connectivity index (χ1v) is 14.8. The van der Waals surface area contributed by atoms with Gasteiger partial charge in [-0.05, 0) is 74.2 Å². The lowest BCUT2D eigenvalue weighted by Gasteiger charge is -2.28. The highest BCUT2D eigenvalue weighted by Crippen LogP contribution is 2.33. The van der Waals surface area contributed by atoms with E-state index >= 15 is 0 Å². The Balaban J connectivity index is 1.26. The Kier molecular flexibility index (Phi) is 8.43. The lowest BCUT2D eigenvalue weighted by atomic mass is 10.00. The van der Waals surface area contributed by atoms with E-state index in [9.17, 15) is 23.5 Å². The number of aromatic nitrogens is 2. The average Bonchev–Trinajstić information content (AvgIpc) is 3.64. The van der Waals surface area contributed by atoms with Gasteiger partial charge in [0.15, 0.2) is 6.79 Å². The van der Waals surface area contributed by atoms with Crippen molar-refractivity contribution in [3.8, 4) is 17.2 Å². The van der Waals surface area contributed by atoms with Crippen molar-refractivity contribution in [3.05, 3.63) is 83.6 Å². The molecule has 45 heavy (non-hydrogen) atoms. The number of rotatable bonds is 9. The number of halogens is 2. The molecule has 1 fully saturated rings. The minimum absolute atomic E-state index is 0.0915. The van der Waals surface area contributed by atoms with Gasteiger partial charge in [0, 0.05) is 23.4 Å². The van der Waals surface area contributed by atoms with E-state index in [2.05, 4.69) is 15.7 Å². The minimum atomic E-state index is -3.56. The molecular weight excluding hydrogens is 586 g/mol. The molecular formula is C33H34F2N4O6. The van der Waals surface area contributed by atoms with Crippen molar-refractivity contribution in [2.45, 2.75) is 69.9 Å². The van der Waals surface area contributed by atoms with Gasteiger partial charge < -0.3 is 30.0 Å². The smallest absolute Gasteiger partial charge is 0.321 e. The summed E-state index contributed by atoms with van der Waals surface area (Å²) in [7, 11) is 0. The second-order valence-corrected chi connectivity index (χ2v) is 11.6. The second kappa shape index (κ2) is 12.4. The van der Waals surface area contributed by atoms with Crippen LogP contribution < -0.4 is 20.1 Å². The highest BCUT2D eigenvalue weighted by atomic mass is 19.3. The molecule has 0 saturated heterocycles. The molecule has 0 bridgehead atoms. The zero-order valence-electron chi connectivity index (χ0n) is 24.8. The molecule has 0 unspecified atom stereocenters. The van der Waals surface area contributed by atoms with E-state index in [1.807, 2.05) is 18.2 Å². The topological polar surface area (TPSA) is 124 Å². The number of amides is 2. The molecule has 1 aliphatic carbocycles. The molecule has 4 aromatic rings. The molecule has 3 N–H and O–H groups in total. The van der Waals surface area contributed by atoms with Crippen LogP contribution >= 0.6 is 0 Å². The molecule has 6 rings (SSSR count). The zero-order chi connectivity index (χ0) is 31.7. The maximum atomic E-state index is 13.8. The summed E-state index contributed by atoms with van der Waals surface area (Å²) >= 11 is 0. The molecule has 12 heteroatoms. The van der Waals surface area contributed by atoms with E-state index in [-0.39, 0.29) is 18.7 Å². The summed E-state index contributed by atoms with van der Waals surface area (Å²) in [5.41, 5.74) is 3.33. The third kappa shape index (κ3) is 6.62. The number of hydrogen-bond donors (Lipinski definition) is 3. The summed E-state index contributed by atoms with van der Waals surface area (Å²) in [6, 6.07) is 16.7. The molecule has 10 nitrogen and oxygen atoms in total. The first-order valence-electron chi connectivity index (χ1n) is 14.8. The van der Waals surface area contributed by atoms with Gasteiger partial charge in [0.1, 0.15) is 17.6 Å². The fourth-order valence-electron chi connectivity index (χ4n) is 5.70. The third-order valence-corrected chi connectivity index (χ3v) is 8.14. The van der Waals surface area contributed by atoms with Gasteiger partial charge in [-0.2, -0.15) is 13.9 Å². The number of aliphatic hydroxyl groups is 1. The van der Waals surface area contributed by atoms with Crippen molar-refractivity contribution in [1.29, 1.82) is 0 Å². The molecule has 2 amide bonds. The fourth-order valence-corrected chi connectivity index (χ4v) is 5.70. The summed E-state index contributed by atoms with van der Waals surface area (Å²) < 4.78 is 46.5. The summed E-state index contributed by atoms with van der Waals surface area (Å²) in [6.07, 6.45) is 2.58. The van der Waals surface area contributed by atoms with Crippen LogP contribution in [0.2, 0.25) is 0 Å². The van der Waals surface area contributed by atoms with Crippen LogP contribution in [0.3, 0.4) is 0 Å². The van der Waals surface area contributed by atoms with E-state index in [1.165, 1.54) is 0 Å². The number of fused-ring (bicyclic) bond motifs is 2. The maximum Gasteiger partial charge on any atom is 0.321 e. The Morgan fingerprint density at radius 3 is 2.76 bits per heavy atom. The van der Waals surface area contributed by atoms with Gasteiger partial charge in [0.25, 0.3) is 11.8 Å². The Labute approximate surface area is 258 Å². The van der Waals surface area contributed by atoms with Crippen LogP contribution in [0.25, 0.3) is 16.6 Å². The monoisotopic (exact) mass is 620 g/mol. The van der Waals surface area contributed by atoms with Crippen molar-refractivity contribution in [3.63, 3.8) is 0 Å². The number of hydrogen-bond acceptors (Lipinski definition) is 7. The number of ether oxygens (including phenoxy) is 3. The molecule has 1 saturated carbocycles. The van der Waals surface area contributed by atoms with Gasteiger partial charge in [-0.25, -0.2) is 4.68 Å². The third-order valence-electron chi connectivity index (χ3n) is 8.14. The molecule has 1 aromatic heterocycles. The molecule has 2 heterocycles. The normalized spacial score (nSPS) is 19.3. The first-order chi connectivity index (χ1) is 21.6. The summed E-state index contributed by atoms with van der Waals surface area (Å²) in [5, 5.41) is 20.7. The van der Waals surface area contributed by atoms with Gasteiger partial charge in [-0.1, -0.05) is 18.2 Å². The first kappa shape index (κ1) is 30.5. The highest BCUT2D eigenvalue weighted by molar-refractivity contribution is 5.95. The molecule has 2 aliphatic rings. The van der Waals surface area contributed by atoms with Crippen LogP contribution in [0.15, 0.2) is 66.9 Å². The van der Waals surface area contributed by atoms with E-state index in [1.54, 1.807) is 60.3 Å². The van der Waals surface area contributed by atoms with Crippen LogP contribution in [0.5, 0.6) is 11.5 Å². The number of carbonyl (C=O) groups excluding carboxylic acids is 2. The van der Waals surface area contributed by atoms with Crippen LogP contribution in [0, 0.1) is 0 Å². The van der Waals surface area contributed by atoms with E-state index in [0.29, 0.717) is 48.3 Å². The Morgan fingerprint density at radius 2 is 1.98 bits per heavy atom. The number of nitrogens with one attached hydrogen (secondary N) is 2. The van der Waals surface area contributed by atoms with E-state index < -0.39 is 30.1 Å². The molecule has 0 spiro atoms. The van der Waals surface area contributed by atoms with Crippen LogP contribution in [-0.2, 0) is 16.1 Å². The summed E-state index contributed by atoms with van der Waals surface area (Å²) in [6.45, 7) is 2.62. The summed E-state index contributed by atoms with van der Waals surface area (Å²) in [5.74, 6) is -4.19. The lowest BCUT2D eigenvalue weighted by Crippen LogP contribution is -2.46. The molecule has 0 radical (unpaired) electrons. The maximum absolute atomic E-state index is 13.8. The number of aliphatic hydroxyl groups excluding tert-OH is 1. The van der Waals surface area contributed by atoms with E-state index in [4.69, 9.17) is 14.2 Å². The number of benzene rings is 3. The van der Waals surface area contributed by atoms with E-state index in [0.717, 1.165) is 29.3 Å². The Bertz CT molecular complexity index is 1720. The standard InChI is InChI=1S/C33H34F2N4O6/c1-19(37-32(42)33(2,34)35)30(20-9-10-22-17-43-18-44-29(22)15-20)45-25-11-12-27-23(14-25)16-36-39(27)24-6-3-5-21(13-24)31(41)38-26-7-4-8-28(26)40/h3,5-6,9-16,19,26,28,30,40H,4,7-8,17-18H2,1-2H3,(H,37,42)(H,38,41)/t19-,26+,28-,30-/m0/s1. The van der Waals surface area contributed by atoms with Crippen molar-refractivity contribution in [1.82, 2.24) is 20.4 Å². The van der Waals surface area contributed by atoms with Gasteiger partial charge in [-0.3, -0.25) is 9.59 Å². The fraction of sp³-hybridized carbons (Fsp3) is 0.364. The average molecular weight is 621 g/mol. The van der Waals surface area contributed by atoms with Gasteiger partial charge in [0.2, 0.25) is 0 Å². The van der Waals surface area contributed by atoms with Gasteiger partial charge in [-0.15, -0.1) is 0 Å². The highest BCUT2D eigenvalue weighted by Gasteiger charge is 2.35. The largest absolute Gasteiger partial charge is 0.484 e. The van der Waals surface area contributed by atoms with Gasteiger partial charge in [0.05, 0.1) is 42.2 Å². The summed E-state index contributed by atoms with van der Waals surface area (Å²) in [4.78, 5) is 25.1. The van der Waals surface area contributed by atoms with Crippen molar-refractivity contribution in [2.75, 3.05) is 6.79 Å². The van der Waals surface area contributed by atoms with Crippen LogP contribution in [-0.4, -0.2) is 57.6 Å². The molecule has 3 aromatic carbocycles. The van der Waals surface area contributed by atoms with Crippen LogP contribution in [0.4, 0.5) is 8.78 Å². The lowest BCUT2D eigenvalue weighted by molar-refractivity contribution is -0.144. The zero-order valence-corrected chi connectivity index (χ0v) is 24.8. The minimum Gasteiger partial charge on any atom is -0.484 e. The quantitative estimate of drug-likeness (QED) is 0.245. The SMILES string of the molecule is C[C@H](NC(=O)C(C)(F)F)[C@H](Oc1ccc2c(cnn2-c2cccc(C(=O)N[C@@H]3CCC[C@@H]3O)c2)c1)c1ccc2c(c1)OCOC2. The van der Waals surface area contributed by atoms with Crippen molar-refractivity contribution < 1.29 is 37.7 Å². The van der Waals surface area contributed by atoms with Crippen molar-refractivity contribution in [2.24, 2.45) is 0 Å². The number of alkyl halides is 2. The van der Waals surface area contributed by atoms with Gasteiger partial charge >= 0.3 is 5.92 Å². The molecule has 236 valence electrons. The van der Waals surface area contributed by atoms with Crippen molar-refractivity contribution >= 4 is 22.7 Å². The molecule has 1 aliphatic heterocycles. The Morgan fingerprint density at radius 1 is 1.13 bits per heavy atom. The second-order valence-electron chi connectivity index (χ2n) is 11.6. The number of carbonyl (C=O) groups is 2. The van der Waals surface area contributed by atoms with Crippen LogP contribution in [0.1, 0.15) is 60.7 Å².